The summed E-state index contributed by atoms with van der Waals surface area (Å²) in [6, 6.07) is 13.6. The summed E-state index contributed by atoms with van der Waals surface area (Å²) in [5.41, 5.74) is 4.37. The highest BCUT2D eigenvalue weighted by Crippen LogP contribution is 2.24. The molecule has 0 radical (unpaired) electrons. The van der Waals surface area contributed by atoms with Crippen LogP contribution in [0.5, 0.6) is 0 Å². The van der Waals surface area contributed by atoms with Crippen LogP contribution in [0, 0.1) is 0 Å². The second-order valence-electron chi connectivity index (χ2n) is 7.22. The fourth-order valence-electron chi connectivity index (χ4n) is 3.77. The van der Waals surface area contributed by atoms with E-state index in [0.717, 1.165) is 18.4 Å². The molecule has 0 spiro atoms. The summed E-state index contributed by atoms with van der Waals surface area (Å²) in [7, 11) is 0. The van der Waals surface area contributed by atoms with Gasteiger partial charge in [-0.2, -0.15) is 0 Å². The van der Waals surface area contributed by atoms with Gasteiger partial charge in [-0.05, 0) is 61.4 Å². The minimum atomic E-state index is -0.197. The van der Waals surface area contributed by atoms with Gasteiger partial charge in [0.15, 0.2) is 0 Å². The first kappa shape index (κ1) is 17.5. The summed E-state index contributed by atoms with van der Waals surface area (Å²) in [6.07, 6.45) is 6.19. The number of nitrogens with one attached hydrogen (secondary N) is 1. The van der Waals surface area contributed by atoms with Crippen LogP contribution in [0.25, 0.3) is 10.9 Å². The first-order valence-corrected chi connectivity index (χ1v) is 9.47. The molecule has 0 saturated carbocycles. The van der Waals surface area contributed by atoms with E-state index < -0.39 is 0 Å². The van der Waals surface area contributed by atoms with Crippen LogP contribution in [0.3, 0.4) is 0 Å². The second kappa shape index (κ2) is 7.35. The highest BCUT2D eigenvalue weighted by Gasteiger charge is 2.15. The Morgan fingerprint density at radius 1 is 1.15 bits per heavy atom. The van der Waals surface area contributed by atoms with Crippen LogP contribution in [0.4, 0.5) is 0 Å². The number of rotatable bonds is 4. The molecule has 0 bridgehead atoms. The molecule has 0 unspecified atom stereocenters. The van der Waals surface area contributed by atoms with E-state index in [2.05, 4.69) is 28.5 Å². The average Bonchev–Trinajstić information content (AvgIpc) is 2.70. The highest BCUT2D eigenvalue weighted by molar-refractivity contribution is 5.79. The Kier molecular flexibility index (Phi) is 4.75. The maximum Gasteiger partial charge on any atom is 0.261 e. The lowest BCUT2D eigenvalue weighted by atomic mass is 9.89. The quantitative estimate of drug-likeness (QED) is 0.776. The van der Waals surface area contributed by atoms with Crippen molar-refractivity contribution in [2.24, 2.45) is 0 Å². The highest BCUT2D eigenvalue weighted by atomic mass is 16.2. The lowest BCUT2D eigenvalue weighted by Crippen LogP contribution is -2.34. The SMILES string of the molecule is C[C@@H](NC(=O)Cn1cnc2ccccc2c1=O)c1ccc2c(c1)CCCC2. The molecule has 138 valence electrons. The molecule has 1 heterocycles. The van der Waals surface area contributed by atoms with Gasteiger partial charge in [0.25, 0.3) is 5.56 Å². The third kappa shape index (κ3) is 3.63. The maximum atomic E-state index is 12.5. The molecule has 1 amide bonds. The van der Waals surface area contributed by atoms with E-state index in [0.29, 0.717) is 10.9 Å². The van der Waals surface area contributed by atoms with E-state index in [4.69, 9.17) is 0 Å². The van der Waals surface area contributed by atoms with Gasteiger partial charge in [-0.15, -0.1) is 0 Å². The normalized spacial score (nSPS) is 14.6. The van der Waals surface area contributed by atoms with Crippen molar-refractivity contribution in [3.63, 3.8) is 0 Å². The van der Waals surface area contributed by atoms with Gasteiger partial charge in [0.05, 0.1) is 23.3 Å². The van der Waals surface area contributed by atoms with Gasteiger partial charge in [0.1, 0.15) is 6.54 Å². The van der Waals surface area contributed by atoms with Crippen LogP contribution >= 0.6 is 0 Å². The van der Waals surface area contributed by atoms with E-state index >= 15 is 0 Å². The van der Waals surface area contributed by atoms with Crippen molar-refractivity contribution in [1.29, 1.82) is 0 Å². The zero-order chi connectivity index (χ0) is 18.8. The Hall–Kier alpha value is -2.95. The van der Waals surface area contributed by atoms with Crippen molar-refractivity contribution >= 4 is 16.8 Å². The number of nitrogens with zero attached hydrogens (tertiary/aromatic N) is 2. The van der Waals surface area contributed by atoms with E-state index in [-0.39, 0.29) is 24.1 Å². The Labute approximate surface area is 158 Å². The monoisotopic (exact) mass is 361 g/mol. The summed E-state index contributed by atoms with van der Waals surface area (Å²) in [5, 5.41) is 3.52. The van der Waals surface area contributed by atoms with E-state index in [1.54, 1.807) is 18.2 Å². The average molecular weight is 361 g/mol. The molecule has 4 rings (SSSR count). The smallest absolute Gasteiger partial charge is 0.261 e. The minimum Gasteiger partial charge on any atom is -0.348 e. The molecule has 1 atom stereocenters. The van der Waals surface area contributed by atoms with Crippen LogP contribution in [-0.2, 0) is 24.2 Å². The van der Waals surface area contributed by atoms with E-state index in [1.165, 1.54) is 34.9 Å². The van der Waals surface area contributed by atoms with Crippen LogP contribution in [0.15, 0.2) is 53.6 Å². The van der Waals surface area contributed by atoms with Crippen molar-refractivity contribution in [3.05, 3.63) is 75.8 Å². The lowest BCUT2D eigenvalue weighted by Gasteiger charge is -2.20. The van der Waals surface area contributed by atoms with E-state index in [9.17, 15) is 9.59 Å². The molecule has 0 fully saturated rings. The molecule has 2 aromatic carbocycles. The van der Waals surface area contributed by atoms with Crippen LogP contribution in [-0.4, -0.2) is 15.5 Å². The van der Waals surface area contributed by atoms with E-state index in [1.807, 2.05) is 13.0 Å². The van der Waals surface area contributed by atoms with Gasteiger partial charge < -0.3 is 5.32 Å². The predicted molar refractivity (Wildman–Crippen MR) is 106 cm³/mol. The number of amides is 1. The van der Waals surface area contributed by atoms with Crippen molar-refractivity contribution in [2.75, 3.05) is 0 Å². The zero-order valence-corrected chi connectivity index (χ0v) is 15.4. The molecule has 5 nitrogen and oxygen atoms in total. The summed E-state index contributed by atoms with van der Waals surface area (Å²) < 4.78 is 1.36. The topological polar surface area (TPSA) is 64.0 Å². The Balaban J connectivity index is 1.48. The Morgan fingerprint density at radius 3 is 2.78 bits per heavy atom. The second-order valence-corrected chi connectivity index (χ2v) is 7.22. The third-order valence-corrected chi connectivity index (χ3v) is 5.30. The first-order chi connectivity index (χ1) is 13.1. The molecule has 1 N–H and O–H groups in total. The summed E-state index contributed by atoms with van der Waals surface area (Å²) >= 11 is 0. The van der Waals surface area contributed by atoms with Crippen molar-refractivity contribution in [3.8, 4) is 0 Å². The molecular weight excluding hydrogens is 338 g/mol. The van der Waals surface area contributed by atoms with Gasteiger partial charge in [0, 0.05) is 0 Å². The van der Waals surface area contributed by atoms with Gasteiger partial charge in [-0.25, -0.2) is 4.98 Å². The maximum absolute atomic E-state index is 12.5. The van der Waals surface area contributed by atoms with Gasteiger partial charge >= 0.3 is 0 Å². The number of benzene rings is 2. The van der Waals surface area contributed by atoms with Crippen molar-refractivity contribution in [1.82, 2.24) is 14.9 Å². The molecule has 0 saturated heterocycles. The summed E-state index contributed by atoms with van der Waals surface area (Å²) in [6.45, 7) is 1.94. The van der Waals surface area contributed by atoms with Crippen LogP contribution < -0.4 is 10.9 Å². The lowest BCUT2D eigenvalue weighted by molar-refractivity contribution is -0.122. The van der Waals surface area contributed by atoms with Crippen molar-refractivity contribution < 1.29 is 4.79 Å². The third-order valence-electron chi connectivity index (χ3n) is 5.30. The summed E-state index contributed by atoms with van der Waals surface area (Å²) in [4.78, 5) is 29.3. The van der Waals surface area contributed by atoms with Crippen LogP contribution in [0.1, 0.15) is 42.5 Å². The molecule has 0 aliphatic heterocycles. The number of aromatic nitrogens is 2. The first-order valence-electron chi connectivity index (χ1n) is 9.47. The number of carbonyl (C=O) groups is 1. The summed E-state index contributed by atoms with van der Waals surface area (Å²) in [5.74, 6) is -0.195. The van der Waals surface area contributed by atoms with Gasteiger partial charge in [0.2, 0.25) is 5.91 Å². The molecule has 5 heteroatoms. The molecule has 1 aliphatic carbocycles. The number of hydrogen-bond acceptors (Lipinski definition) is 3. The predicted octanol–water partition coefficient (Wildman–Crippen LogP) is 3.15. The molecule has 1 aliphatic rings. The van der Waals surface area contributed by atoms with Crippen molar-refractivity contribution in [2.45, 2.75) is 45.2 Å². The zero-order valence-electron chi connectivity index (χ0n) is 15.4. The van der Waals surface area contributed by atoms with Gasteiger partial charge in [-0.1, -0.05) is 30.3 Å². The molecular formula is C22H23N3O2. The number of carbonyl (C=O) groups excluding carboxylic acids is 1. The Bertz CT molecular complexity index is 1050. The minimum absolute atomic E-state index is 0.0358. The van der Waals surface area contributed by atoms with Gasteiger partial charge in [-0.3, -0.25) is 14.2 Å². The fraction of sp³-hybridized carbons (Fsp3) is 0.318. The molecule has 27 heavy (non-hydrogen) atoms. The standard InChI is InChI=1S/C22H23N3O2/c1-15(17-11-10-16-6-2-3-7-18(16)12-17)24-21(26)13-25-14-23-20-9-5-4-8-19(20)22(25)27/h4-5,8-12,14-15H,2-3,6-7,13H2,1H3,(H,24,26)/t15-/m1/s1. The number of aryl methyl sites for hydroxylation is 2. The number of para-hydroxylation sites is 1. The largest absolute Gasteiger partial charge is 0.348 e. The van der Waals surface area contributed by atoms with Crippen LogP contribution in [0.2, 0.25) is 0 Å². The molecule has 1 aromatic heterocycles. The Morgan fingerprint density at radius 2 is 1.93 bits per heavy atom. The fourth-order valence-corrected chi connectivity index (χ4v) is 3.77. The number of fused-ring (bicyclic) bond motifs is 2. The number of hydrogen-bond donors (Lipinski definition) is 1. The molecule has 3 aromatic rings.